The van der Waals surface area contributed by atoms with Gasteiger partial charge >= 0.3 is 11.4 Å². The summed E-state index contributed by atoms with van der Waals surface area (Å²) in [4.78, 5) is 207. The minimum absolute atomic E-state index is 0.00852. The van der Waals surface area contributed by atoms with Gasteiger partial charge in [0, 0.05) is 75.6 Å². The number of nitrogens with two attached hydrogens (primary N) is 6. The molecule has 19 heterocycles. The van der Waals surface area contributed by atoms with Crippen LogP contribution in [0.25, 0.3) is 55.8 Å². The summed E-state index contributed by atoms with van der Waals surface area (Å²) in [5.41, 5.74) is 35.0. The number of ether oxygens (including phenoxy) is 7. The number of aromatic amines is 2. The van der Waals surface area contributed by atoms with Crippen LogP contribution in [0.1, 0.15) is 113 Å². The fourth-order valence-corrected chi connectivity index (χ4v) is 27.3. The molecule has 7 aliphatic heterocycles. The zero-order chi connectivity index (χ0) is 105. The molecule has 7 saturated heterocycles. The van der Waals surface area contributed by atoms with Crippen LogP contribution in [0, 0.1) is 13.8 Å². The van der Waals surface area contributed by atoms with Gasteiger partial charge in [0.15, 0.2) is 63.8 Å². The molecule has 14 N–H and O–H groups in total. The molecule has 0 radical (unpaired) electrons. The monoisotopic (exact) mass is 2320 g/mol. The molecule has 19 rings (SSSR count). The highest BCUT2D eigenvalue weighted by Crippen LogP contribution is 2.57. The van der Waals surface area contributed by atoms with Gasteiger partial charge in [0.2, 0.25) is 5.95 Å². The van der Waals surface area contributed by atoms with Gasteiger partial charge in [-0.25, -0.2) is 74.4 Å². The molecule has 0 amide bonds. The van der Waals surface area contributed by atoms with E-state index in [9.17, 15) is 43.3 Å². The number of nitrogens with one attached hydrogen (secondary N) is 2. The third-order valence-electron chi connectivity index (χ3n) is 24.6. The first kappa shape index (κ1) is 109. The number of aromatic nitrogens is 24. The second kappa shape index (κ2) is 43.6. The molecule has 800 valence electrons. The van der Waals surface area contributed by atoms with E-state index in [1.807, 2.05) is 6.92 Å². The molecular weight excluding hydrogens is 2240 g/mol. The van der Waals surface area contributed by atoms with Crippen LogP contribution in [-0.4, -0.2) is 249 Å². The van der Waals surface area contributed by atoms with E-state index in [0.29, 0.717) is 23.1 Å². The van der Waals surface area contributed by atoms with Gasteiger partial charge < -0.3 is 173 Å². The summed E-state index contributed by atoms with van der Waals surface area (Å²) in [5.74, 6) is -0.258. The number of aryl methyl sites for hydroxylation is 2. The smallest absolute Gasteiger partial charge is 0.351 e. The van der Waals surface area contributed by atoms with Gasteiger partial charge in [-0.1, -0.05) is 77.8 Å². The Morgan fingerprint density at radius 3 is 0.980 bits per heavy atom. The van der Waals surface area contributed by atoms with Crippen molar-refractivity contribution in [2.24, 2.45) is 0 Å². The number of hydrogen-bond acceptors (Lipinski definition) is 60. The van der Waals surface area contributed by atoms with Gasteiger partial charge in [0.05, 0.1) is 120 Å². The number of H-pyrrole nitrogens is 2. The summed E-state index contributed by atoms with van der Waals surface area (Å²) in [6.45, 7) is -33.4. The minimum Gasteiger partial charge on any atom is -0.780 e. The lowest BCUT2D eigenvalue weighted by molar-refractivity contribution is -0.221. The first-order valence-electron chi connectivity index (χ1n) is 44.3. The predicted octanol–water partition coefficient (Wildman–Crippen LogP) is -1.57. The fraction of sp³-hybridized carbons (Fsp3) is 0.542. The van der Waals surface area contributed by atoms with Crippen molar-refractivity contribution in [1.29, 1.82) is 0 Å². The first-order valence-corrected chi connectivity index (χ1v) is 62.2. The quantitative estimate of drug-likeness (QED) is 0.0158. The number of anilines is 6. The van der Waals surface area contributed by atoms with E-state index in [2.05, 4.69) is 84.7 Å². The fourth-order valence-electron chi connectivity index (χ4n) is 17.6. The number of hydrogen-bond donors (Lipinski definition) is 8. The van der Waals surface area contributed by atoms with Crippen LogP contribution < -0.4 is 86.3 Å². The Balaban J connectivity index is 0.535. The van der Waals surface area contributed by atoms with Gasteiger partial charge in [0.25, 0.3) is 11.1 Å². The van der Waals surface area contributed by atoms with E-state index in [0.717, 1.165) is 35.1 Å². The van der Waals surface area contributed by atoms with Crippen LogP contribution in [0.3, 0.4) is 0 Å². The number of nitrogen functional groups attached to an aromatic ring is 6. The van der Waals surface area contributed by atoms with Gasteiger partial charge in [-0.3, -0.25) is 56.1 Å². The Hall–Kier alpha value is -7.69. The highest BCUT2D eigenvalue weighted by molar-refractivity contribution is 8.32. The van der Waals surface area contributed by atoms with Crippen molar-refractivity contribution in [2.75, 3.05) is 81.2 Å². The Kier molecular flexibility index (Phi) is 32.0. The molecular formula is C72H86N30O32P7S7-7. The van der Waals surface area contributed by atoms with E-state index >= 15 is 9.79 Å². The predicted molar refractivity (Wildman–Crippen MR) is 523 cm³/mol. The van der Waals surface area contributed by atoms with E-state index in [1.165, 1.54) is 82.6 Å². The summed E-state index contributed by atoms with van der Waals surface area (Å²) >= 11 is 38.4. The molecule has 148 heavy (non-hydrogen) atoms. The molecule has 62 nitrogen and oxygen atoms in total. The minimum atomic E-state index is -5.04. The molecule has 76 heteroatoms. The molecule has 28 atom stereocenters. The van der Waals surface area contributed by atoms with Gasteiger partial charge in [-0.05, 0) is 20.3 Å². The van der Waals surface area contributed by atoms with E-state index in [4.69, 9.17) is 214 Å². The van der Waals surface area contributed by atoms with E-state index in [-0.39, 0.29) is 117 Å². The van der Waals surface area contributed by atoms with Crippen LogP contribution in [0.5, 0.6) is 0 Å². The Labute approximate surface area is 867 Å². The van der Waals surface area contributed by atoms with Crippen LogP contribution in [-0.2, 0) is 184 Å². The molecule has 0 saturated carbocycles. The zero-order valence-corrected chi connectivity index (χ0v) is 88.7. The topological polar surface area (TPSA) is 833 Å². The maximum Gasteiger partial charge on any atom is 0.351 e. The molecule has 12 aromatic rings. The van der Waals surface area contributed by atoms with Gasteiger partial charge in [-0.15, -0.1) is 0 Å². The third kappa shape index (κ3) is 24.0. The summed E-state index contributed by atoms with van der Waals surface area (Å²) in [6, 6.07) is 0. The Morgan fingerprint density at radius 1 is 0.358 bits per heavy atom. The van der Waals surface area contributed by atoms with Crippen molar-refractivity contribution in [3.63, 3.8) is 0 Å². The highest BCUT2D eigenvalue weighted by Gasteiger charge is 2.50. The number of fused-ring (bicyclic) bond motifs is 5. The maximum atomic E-state index is 15.1. The number of imidazole rings is 5. The van der Waals surface area contributed by atoms with Crippen molar-refractivity contribution in [2.45, 2.75) is 201 Å². The van der Waals surface area contributed by atoms with Gasteiger partial charge in [0.1, 0.15) is 174 Å². The summed E-state index contributed by atoms with van der Waals surface area (Å²) in [5, 5.41) is 0. The Bertz CT molecular complexity index is 7680. The lowest BCUT2D eigenvalue weighted by Gasteiger charge is -2.36. The summed E-state index contributed by atoms with van der Waals surface area (Å²) in [7, 11) is 1.05. The maximum absolute atomic E-state index is 15.1. The van der Waals surface area contributed by atoms with Crippen molar-refractivity contribution in [1.82, 2.24) is 117 Å². The lowest BCUT2D eigenvalue weighted by Crippen LogP contribution is -2.34. The van der Waals surface area contributed by atoms with Gasteiger partial charge in [-0.2, -0.15) is 9.97 Å². The molecule has 0 spiro atoms. The largest absolute Gasteiger partial charge is 0.780 e. The second-order valence-electron chi connectivity index (χ2n) is 34.1. The molecule has 0 aliphatic carbocycles. The third-order valence-corrected chi connectivity index (χ3v) is 35.7. The normalized spacial score (nSPS) is 29.3. The van der Waals surface area contributed by atoms with E-state index < -0.39 is 251 Å². The van der Waals surface area contributed by atoms with E-state index in [1.54, 1.807) is 4.57 Å². The summed E-state index contributed by atoms with van der Waals surface area (Å²) < 4.78 is 152. The van der Waals surface area contributed by atoms with Crippen LogP contribution in [0.15, 0.2) is 88.5 Å². The zero-order valence-electron chi connectivity index (χ0n) is 76.7. The first-order chi connectivity index (χ1) is 70.2. The number of rotatable bonds is 41. The molecule has 0 bridgehead atoms. The van der Waals surface area contributed by atoms with Crippen molar-refractivity contribution >= 4 is 221 Å². The Morgan fingerprint density at radius 2 is 0.642 bits per heavy atom. The lowest BCUT2D eigenvalue weighted by atomic mass is 10.1. The van der Waals surface area contributed by atoms with Crippen molar-refractivity contribution in [3.8, 4) is 0 Å². The average Bonchev–Trinajstić information content (AvgIpc) is 1.64. The van der Waals surface area contributed by atoms with Crippen LogP contribution >= 0.6 is 47.1 Å². The number of nitrogens with zero attached hydrogens (tertiary/aromatic N) is 22. The van der Waals surface area contributed by atoms with Crippen LogP contribution in [0.4, 0.5) is 35.0 Å². The second-order valence-corrected chi connectivity index (χ2v) is 53.2. The molecule has 0 aromatic carbocycles. The van der Waals surface area contributed by atoms with Crippen molar-refractivity contribution in [3.05, 3.63) is 122 Å². The highest BCUT2D eigenvalue weighted by atomic mass is 32.7. The van der Waals surface area contributed by atoms with Crippen LogP contribution in [0.2, 0.25) is 0 Å². The SMILES string of the molecule is CC[C@H]1O[C@@H](n2cnc3c(N)ncnc32)CC1OP([O-])(=S)OC[C@H]1O[C@@H](n2cnc3c(N)ncnc32)CC1OP(=O)([S-])OC[C@H]1O[C@@H](n2cnc3c(N)ncnc32)CC1OP([O-])(=S)OC[C@H]1O[C@@H](n2cc(C)c(=O)[nH]c2=O)CC1OP([O-])(=S)OC[C@H]1O[C@@H](n2cc(C)c(N)nc2=O)CC1OP([O-])(=S)OC[C@H]1O[C@@H](n2cnc3c(N)ncnc32)CC1OP([O-])(=S)OC[C@H]1O[C@@H](n2cnc3c(=O)[nH]c(N)nc32)CC1OP([O-])(=S)OC. The molecule has 7 fully saturated rings. The standard InChI is InChI=1S/C72H93N30O32P7S7/c1-5-32-33(6-48(121-32)98-25-87-53-59(74)79-21-83-63(53)98)129-136(108,143)115-18-43-37(10-49(124-43)99-26-88-54-60(75)80-22-84-64(54)99)134-141(113,148)120-20-45-39(12-51(126-45)101-28-90-56-62(77)82-24-86-66(56)101)133-140(112,147)118-17-42-36(8-47(123-42)97-14-31(3)68(103)95-72(97)106)131-137(109,144)117-16-41-35(7-46(122-41)96-13-30(2)58(73)92-71(96)105)130-138(110,145)119-19-44-38(11-50(125-44)100-27-89-55-61(76)81-23-85-65(55)100)132-139(111,146)116-15-40-34(128-135(107,142)114-4)9-52(127-40)102-29-91-57-67(102)93-70(78)94-69(57)104/h13-14,21-29,32-52H,5-12,15-20H2,1-4H3,(H,107,142)(H,108,143)(H,109,144)(H,110,145)(H,111,146)(H,112,147)(H,113,148)(H2,73,92,105)(H2,74,79,83)(H2,75,80,84)(H2,76,81,85)(H2,77,82,86)(H,95,103,106)(H3,78,93,94,104)/p-7/t32-,33?,34?,35?,36?,37?,38?,39?,40-,41-,42-,43-,44-,45-,46-,47-,48-,49-,50-,51-,52-,135?,136?,137?,138?,139?,140?,141?/m1/s1. The molecule has 7 aliphatic rings. The molecule has 12 aromatic heterocycles. The average molecular weight is 2320 g/mol. The van der Waals surface area contributed by atoms with Crippen molar-refractivity contribution < 1.29 is 130 Å². The molecule has 14 unspecified atom stereocenters. The summed E-state index contributed by atoms with van der Waals surface area (Å²) in [6.07, 6.45) is -14.4.